The average molecular weight is 245 g/mol. The van der Waals surface area contributed by atoms with E-state index in [0.29, 0.717) is 6.04 Å². The van der Waals surface area contributed by atoms with Crippen molar-refractivity contribution in [3.8, 4) is 0 Å². The van der Waals surface area contributed by atoms with Gasteiger partial charge in [0.25, 0.3) is 0 Å². The fraction of sp³-hybridized carbons (Fsp3) is 0.500. The van der Waals surface area contributed by atoms with Crippen molar-refractivity contribution in [1.29, 1.82) is 0 Å². The summed E-state index contributed by atoms with van der Waals surface area (Å²) in [5.41, 5.74) is 3.91. The number of aromatic nitrogens is 2. The number of nitrogens with zero attached hydrogens (tertiary/aromatic N) is 2. The molecular formula is C14H19N3O. The smallest absolute Gasteiger partial charge is 0.133 e. The third-order valence-corrected chi connectivity index (χ3v) is 3.68. The molecule has 4 heteroatoms. The number of fused-ring (bicyclic) bond motifs is 1. The van der Waals surface area contributed by atoms with Gasteiger partial charge >= 0.3 is 0 Å². The van der Waals surface area contributed by atoms with Gasteiger partial charge < -0.3 is 14.4 Å². The number of hydrogen-bond donors (Lipinski definition) is 1. The van der Waals surface area contributed by atoms with Crippen LogP contribution >= 0.6 is 0 Å². The lowest BCUT2D eigenvalue weighted by Gasteiger charge is -2.21. The van der Waals surface area contributed by atoms with Crippen LogP contribution in [0.5, 0.6) is 0 Å². The van der Waals surface area contributed by atoms with E-state index in [0.717, 1.165) is 18.0 Å². The first kappa shape index (κ1) is 11.5. The number of hydrogen-bond acceptors (Lipinski definition) is 3. The first-order valence-corrected chi connectivity index (χ1v) is 6.54. The molecule has 1 unspecified atom stereocenters. The Hall–Kier alpha value is -1.55. The Morgan fingerprint density at radius 2 is 2.39 bits per heavy atom. The summed E-state index contributed by atoms with van der Waals surface area (Å²) >= 11 is 0. The maximum atomic E-state index is 5.11. The van der Waals surface area contributed by atoms with Crippen LogP contribution in [0.2, 0.25) is 0 Å². The lowest BCUT2D eigenvalue weighted by molar-refractivity contribution is 0.389. The van der Waals surface area contributed by atoms with E-state index in [1.165, 1.54) is 30.4 Å². The predicted molar refractivity (Wildman–Crippen MR) is 69.5 cm³/mol. The summed E-state index contributed by atoms with van der Waals surface area (Å²) in [4.78, 5) is 0. The van der Waals surface area contributed by atoms with E-state index < -0.39 is 0 Å². The van der Waals surface area contributed by atoms with Crippen LogP contribution in [0.3, 0.4) is 0 Å². The van der Waals surface area contributed by atoms with Crippen LogP contribution in [0.25, 0.3) is 0 Å². The summed E-state index contributed by atoms with van der Waals surface area (Å²) < 4.78 is 7.33. The molecule has 1 N–H and O–H groups in total. The van der Waals surface area contributed by atoms with Crippen LogP contribution in [0.15, 0.2) is 23.0 Å². The minimum atomic E-state index is 0.508. The Bertz CT molecular complexity index is 541. The molecule has 0 saturated carbocycles. The van der Waals surface area contributed by atoms with E-state index in [4.69, 9.17) is 4.52 Å². The Morgan fingerprint density at radius 1 is 1.50 bits per heavy atom. The number of rotatable bonds is 3. The predicted octanol–water partition coefficient (Wildman–Crippen LogP) is 2.43. The molecule has 0 amide bonds. The maximum Gasteiger partial charge on any atom is 0.133 e. The lowest BCUT2D eigenvalue weighted by atomic mass is 9.91. The SMILES string of the molecule is CNC1CCCc2cn(Cc3cc(C)on3)cc21. The van der Waals surface area contributed by atoms with Gasteiger partial charge in [-0.25, -0.2) is 0 Å². The van der Waals surface area contributed by atoms with Gasteiger partial charge in [-0.1, -0.05) is 5.16 Å². The fourth-order valence-electron chi connectivity index (χ4n) is 2.82. The minimum absolute atomic E-state index is 0.508. The van der Waals surface area contributed by atoms with Crippen molar-refractivity contribution < 1.29 is 4.52 Å². The van der Waals surface area contributed by atoms with Crippen molar-refractivity contribution in [3.05, 3.63) is 41.0 Å². The zero-order valence-electron chi connectivity index (χ0n) is 10.9. The van der Waals surface area contributed by atoms with Crippen molar-refractivity contribution in [3.63, 3.8) is 0 Å². The average Bonchev–Trinajstić information content (AvgIpc) is 2.94. The largest absolute Gasteiger partial charge is 0.361 e. The first-order valence-electron chi connectivity index (χ1n) is 6.54. The van der Waals surface area contributed by atoms with Crippen LogP contribution in [0.1, 0.15) is 41.5 Å². The second-order valence-electron chi connectivity index (χ2n) is 5.07. The molecule has 0 radical (unpaired) electrons. The zero-order chi connectivity index (χ0) is 12.5. The second kappa shape index (κ2) is 4.61. The molecule has 0 bridgehead atoms. The third-order valence-electron chi connectivity index (χ3n) is 3.68. The highest BCUT2D eigenvalue weighted by Gasteiger charge is 2.20. The van der Waals surface area contributed by atoms with E-state index in [1.807, 2.05) is 20.0 Å². The van der Waals surface area contributed by atoms with Gasteiger partial charge in [-0.05, 0) is 44.4 Å². The summed E-state index contributed by atoms with van der Waals surface area (Å²) in [6.07, 6.45) is 8.20. The number of nitrogens with one attached hydrogen (secondary N) is 1. The molecule has 0 spiro atoms. The van der Waals surface area contributed by atoms with Crippen molar-refractivity contribution in [1.82, 2.24) is 15.0 Å². The quantitative estimate of drug-likeness (QED) is 0.903. The van der Waals surface area contributed by atoms with Gasteiger partial charge in [-0.3, -0.25) is 0 Å². The van der Waals surface area contributed by atoms with Crippen LogP contribution in [-0.2, 0) is 13.0 Å². The molecule has 4 nitrogen and oxygen atoms in total. The van der Waals surface area contributed by atoms with Gasteiger partial charge in [0.15, 0.2) is 0 Å². The highest BCUT2D eigenvalue weighted by molar-refractivity contribution is 5.30. The number of aryl methyl sites for hydroxylation is 2. The van der Waals surface area contributed by atoms with Crippen LogP contribution in [-0.4, -0.2) is 16.8 Å². The zero-order valence-corrected chi connectivity index (χ0v) is 10.9. The standard InChI is InChI=1S/C14H19N3O/c1-10-6-12(16-18-10)8-17-7-11-4-3-5-14(15-2)13(11)9-17/h6-7,9,14-15H,3-5,8H2,1-2H3. The summed E-state index contributed by atoms with van der Waals surface area (Å²) in [5.74, 6) is 0.870. The van der Waals surface area contributed by atoms with E-state index in [9.17, 15) is 0 Å². The lowest BCUT2D eigenvalue weighted by Crippen LogP contribution is -2.20. The topological polar surface area (TPSA) is 43.0 Å². The summed E-state index contributed by atoms with van der Waals surface area (Å²) in [5, 5.41) is 7.44. The Balaban J connectivity index is 1.84. The van der Waals surface area contributed by atoms with Crippen LogP contribution in [0, 0.1) is 6.92 Å². The Morgan fingerprint density at radius 3 is 3.11 bits per heavy atom. The van der Waals surface area contributed by atoms with Crippen LogP contribution in [0.4, 0.5) is 0 Å². The first-order chi connectivity index (χ1) is 8.76. The Kier molecular flexibility index (Phi) is 2.96. The Labute approximate surface area is 107 Å². The molecule has 1 aliphatic rings. The molecule has 0 aromatic carbocycles. The third kappa shape index (κ3) is 2.08. The molecule has 1 atom stereocenters. The van der Waals surface area contributed by atoms with E-state index in [-0.39, 0.29) is 0 Å². The summed E-state index contributed by atoms with van der Waals surface area (Å²) in [6.45, 7) is 2.72. The van der Waals surface area contributed by atoms with Gasteiger partial charge in [0, 0.05) is 24.5 Å². The minimum Gasteiger partial charge on any atom is -0.361 e. The molecule has 96 valence electrons. The monoisotopic (exact) mass is 245 g/mol. The van der Waals surface area contributed by atoms with Gasteiger partial charge in [0.05, 0.1) is 6.54 Å². The molecule has 0 saturated heterocycles. The van der Waals surface area contributed by atoms with Crippen molar-refractivity contribution in [2.75, 3.05) is 7.05 Å². The second-order valence-corrected chi connectivity index (χ2v) is 5.07. The van der Waals surface area contributed by atoms with E-state index >= 15 is 0 Å². The summed E-state index contributed by atoms with van der Waals surface area (Å²) in [6, 6.07) is 2.50. The highest BCUT2D eigenvalue weighted by Crippen LogP contribution is 2.30. The molecule has 2 aromatic rings. The molecule has 2 heterocycles. The summed E-state index contributed by atoms with van der Waals surface area (Å²) in [7, 11) is 2.04. The van der Waals surface area contributed by atoms with Crippen molar-refractivity contribution >= 4 is 0 Å². The molecule has 2 aromatic heterocycles. The molecule has 0 fully saturated rings. The molecule has 3 rings (SSSR count). The highest BCUT2D eigenvalue weighted by atomic mass is 16.5. The van der Waals surface area contributed by atoms with E-state index in [2.05, 4.69) is 27.4 Å². The molecular weight excluding hydrogens is 226 g/mol. The molecule has 0 aliphatic heterocycles. The van der Waals surface area contributed by atoms with Crippen LogP contribution < -0.4 is 5.32 Å². The van der Waals surface area contributed by atoms with Crippen molar-refractivity contribution in [2.24, 2.45) is 0 Å². The molecule has 1 aliphatic carbocycles. The normalized spacial score (nSPS) is 18.9. The van der Waals surface area contributed by atoms with E-state index in [1.54, 1.807) is 0 Å². The van der Waals surface area contributed by atoms with Crippen molar-refractivity contribution in [2.45, 2.75) is 38.8 Å². The fourth-order valence-corrected chi connectivity index (χ4v) is 2.82. The van der Waals surface area contributed by atoms with Gasteiger partial charge in [-0.2, -0.15) is 0 Å². The maximum absolute atomic E-state index is 5.11. The molecule has 18 heavy (non-hydrogen) atoms. The van der Waals surface area contributed by atoms with Gasteiger partial charge in [0.2, 0.25) is 0 Å². The van der Waals surface area contributed by atoms with Gasteiger partial charge in [0.1, 0.15) is 11.5 Å². The van der Waals surface area contributed by atoms with Gasteiger partial charge in [-0.15, -0.1) is 0 Å².